The van der Waals surface area contributed by atoms with Crippen molar-refractivity contribution >= 4 is 51.8 Å². The summed E-state index contributed by atoms with van der Waals surface area (Å²) in [5.41, 5.74) is 1.01. The Kier molecular flexibility index (Phi) is 6.23. The number of hydrogen-bond acceptors (Lipinski definition) is 4. The van der Waals surface area contributed by atoms with Crippen LogP contribution in [0.1, 0.15) is 10.4 Å². The number of anilines is 1. The van der Waals surface area contributed by atoms with Crippen molar-refractivity contribution in [3.63, 3.8) is 0 Å². The maximum absolute atomic E-state index is 11.9. The van der Waals surface area contributed by atoms with Gasteiger partial charge in [-0.2, -0.15) is 0 Å². The van der Waals surface area contributed by atoms with Crippen molar-refractivity contribution in [3.05, 3.63) is 56.6 Å². The van der Waals surface area contributed by atoms with Crippen molar-refractivity contribution in [1.29, 1.82) is 0 Å². The highest BCUT2D eigenvalue weighted by Crippen LogP contribution is 2.25. The largest absolute Gasteiger partial charge is 0.482 e. The molecule has 0 aromatic heterocycles. The fourth-order valence-corrected chi connectivity index (χ4v) is 2.55. The molecule has 2 aromatic carbocycles. The Morgan fingerprint density at radius 1 is 1.22 bits per heavy atom. The van der Waals surface area contributed by atoms with E-state index in [2.05, 4.69) is 32.6 Å². The summed E-state index contributed by atoms with van der Waals surface area (Å²) in [6, 6.07) is 11.9. The van der Waals surface area contributed by atoms with Crippen molar-refractivity contribution in [2.24, 2.45) is 0 Å². The molecule has 0 radical (unpaired) electrons. The summed E-state index contributed by atoms with van der Waals surface area (Å²) in [7, 11) is 1.29. The van der Waals surface area contributed by atoms with E-state index in [1.165, 1.54) is 25.3 Å². The minimum Gasteiger partial charge on any atom is -0.482 e. The number of carbonyl (C=O) groups excluding carboxylic acids is 2. The number of methoxy groups -OCH3 is 1. The Balaban J connectivity index is 1.95. The monoisotopic (exact) mass is 445 g/mol. The fraction of sp³-hybridized carbons (Fsp3) is 0.125. The van der Waals surface area contributed by atoms with Crippen molar-refractivity contribution in [2.45, 2.75) is 0 Å². The third-order valence-corrected chi connectivity index (χ3v) is 3.79. The van der Waals surface area contributed by atoms with Gasteiger partial charge in [0.2, 0.25) is 0 Å². The van der Waals surface area contributed by atoms with Crippen molar-refractivity contribution in [2.75, 3.05) is 19.0 Å². The van der Waals surface area contributed by atoms with Gasteiger partial charge >= 0.3 is 5.97 Å². The van der Waals surface area contributed by atoms with Crippen molar-refractivity contribution < 1.29 is 19.1 Å². The molecule has 0 fully saturated rings. The van der Waals surface area contributed by atoms with E-state index in [0.717, 1.165) is 3.57 Å². The minimum absolute atomic E-state index is 0.192. The molecule has 5 nitrogen and oxygen atoms in total. The zero-order chi connectivity index (χ0) is 16.8. The molecule has 120 valence electrons. The molecule has 0 heterocycles. The lowest BCUT2D eigenvalue weighted by Crippen LogP contribution is -2.20. The highest BCUT2D eigenvalue weighted by atomic mass is 127. The summed E-state index contributed by atoms with van der Waals surface area (Å²) >= 11 is 8.19. The van der Waals surface area contributed by atoms with Gasteiger partial charge in [-0.15, -0.1) is 0 Å². The number of rotatable bonds is 5. The Bertz CT molecular complexity index is 736. The van der Waals surface area contributed by atoms with Gasteiger partial charge in [0.15, 0.2) is 6.61 Å². The van der Waals surface area contributed by atoms with E-state index < -0.39 is 5.97 Å². The summed E-state index contributed by atoms with van der Waals surface area (Å²) in [5.74, 6) is -0.480. The van der Waals surface area contributed by atoms with Gasteiger partial charge in [0.25, 0.3) is 5.91 Å². The van der Waals surface area contributed by atoms with Gasteiger partial charge in [-0.25, -0.2) is 4.79 Å². The number of carbonyl (C=O) groups is 2. The van der Waals surface area contributed by atoms with Gasteiger partial charge in [-0.3, -0.25) is 4.79 Å². The summed E-state index contributed by atoms with van der Waals surface area (Å²) in [6.45, 7) is -0.192. The van der Waals surface area contributed by atoms with Crippen LogP contribution in [0, 0.1) is 3.57 Å². The molecule has 2 rings (SSSR count). The van der Waals surface area contributed by atoms with Gasteiger partial charge in [0, 0.05) is 9.26 Å². The van der Waals surface area contributed by atoms with E-state index >= 15 is 0 Å². The third-order valence-electron chi connectivity index (χ3n) is 2.82. The molecule has 1 amide bonds. The van der Waals surface area contributed by atoms with Gasteiger partial charge in [-0.05, 0) is 59.0 Å². The lowest BCUT2D eigenvalue weighted by atomic mass is 10.2. The summed E-state index contributed by atoms with van der Waals surface area (Å²) in [5, 5.41) is 2.96. The molecule has 0 aliphatic rings. The fourth-order valence-electron chi connectivity index (χ4n) is 1.77. The zero-order valence-corrected chi connectivity index (χ0v) is 15.1. The minimum atomic E-state index is -0.491. The van der Waals surface area contributed by atoms with Crippen LogP contribution >= 0.6 is 34.2 Å². The second-order valence-electron chi connectivity index (χ2n) is 4.48. The molecule has 0 spiro atoms. The van der Waals surface area contributed by atoms with E-state index in [-0.39, 0.29) is 17.5 Å². The van der Waals surface area contributed by atoms with E-state index in [1.54, 1.807) is 6.07 Å². The predicted octanol–water partition coefficient (Wildman–Crippen LogP) is 3.75. The Morgan fingerprint density at radius 2 is 2.00 bits per heavy atom. The Morgan fingerprint density at radius 3 is 2.65 bits per heavy atom. The Labute approximate surface area is 152 Å². The summed E-state index contributed by atoms with van der Waals surface area (Å²) in [4.78, 5) is 23.3. The lowest BCUT2D eigenvalue weighted by Gasteiger charge is -2.10. The van der Waals surface area contributed by atoms with Crippen LogP contribution in [0.3, 0.4) is 0 Å². The number of ether oxygens (including phenoxy) is 2. The highest BCUT2D eigenvalue weighted by Gasteiger charge is 2.11. The topological polar surface area (TPSA) is 64.6 Å². The van der Waals surface area contributed by atoms with Crippen LogP contribution in [-0.2, 0) is 9.53 Å². The summed E-state index contributed by atoms with van der Waals surface area (Å²) in [6.07, 6.45) is 0. The van der Waals surface area contributed by atoms with E-state index in [0.29, 0.717) is 17.0 Å². The molecule has 0 bridgehead atoms. The first-order valence-corrected chi connectivity index (χ1v) is 8.01. The molecular weight excluding hydrogens is 433 g/mol. The zero-order valence-electron chi connectivity index (χ0n) is 12.1. The second-order valence-corrected chi connectivity index (χ2v) is 6.14. The molecule has 0 aliphatic carbocycles. The quantitative estimate of drug-likeness (QED) is 0.562. The average molecular weight is 446 g/mol. The summed E-state index contributed by atoms with van der Waals surface area (Å²) < 4.78 is 11.0. The van der Waals surface area contributed by atoms with Crippen molar-refractivity contribution in [3.8, 4) is 5.75 Å². The molecule has 23 heavy (non-hydrogen) atoms. The SMILES string of the molecule is COC(=O)c1ccc(OCC(=O)Nc2cccc(I)c2)c(Cl)c1. The maximum atomic E-state index is 11.9. The van der Waals surface area contributed by atoms with Crippen LogP contribution in [0.5, 0.6) is 5.75 Å². The van der Waals surface area contributed by atoms with Crippen LogP contribution in [0.25, 0.3) is 0 Å². The number of hydrogen-bond donors (Lipinski definition) is 1. The van der Waals surface area contributed by atoms with Crippen LogP contribution in [0.2, 0.25) is 5.02 Å². The Hall–Kier alpha value is -1.80. The molecular formula is C16H13ClINO4. The van der Waals surface area contributed by atoms with E-state index in [9.17, 15) is 9.59 Å². The van der Waals surface area contributed by atoms with E-state index in [1.807, 2.05) is 18.2 Å². The molecule has 7 heteroatoms. The van der Waals surface area contributed by atoms with Crippen LogP contribution in [0.4, 0.5) is 5.69 Å². The van der Waals surface area contributed by atoms with Gasteiger partial charge in [0.1, 0.15) is 5.75 Å². The average Bonchev–Trinajstić information content (AvgIpc) is 2.53. The maximum Gasteiger partial charge on any atom is 0.337 e. The number of nitrogens with one attached hydrogen (secondary N) is 1. The van der Waals surface area contributed by atoms with E-state index in [4.69, 9.17) is 16.3 Å². The smallest absolute Gasteiger partial charge is 0.337 e. The molecule has 0 saturated carbocycles. The highest BCUT2D eigenvalue weighted by molar-refractivity contribution is 14.1. The molecule has 1 N–H and O–H groups in total. The molecule has 2 aromatic rings. The molecule has 0 aliphatic heterocycles. The first-order valence-electron chi connectivity index (χ1n) is 6.55. The molecule has 0 saturated heterocycles. The molecule has 0 unspecified atom stereocenters. The number of halogens is 2. The van der Waals surface area contributed by atoms with Crippen molar-refractivity contribution in [1.82, 2.24) is 0 Å². The normalized spacial score (nSPS) is 10.0. The second kappa shape index (κ2) is 8.16. The predicted molar refractivity (Wildman–Crippen MR) is 96.1 cm³/mol. The van der Waals surface area contributed by atoms with Crippen LogP contribution in [-0.4, -0.2) is 25.6 Å². The standard InChI is InChI=1S/C16H13ClINO4/c1-22-16(21)10-5-6-14(13(17)7-10)23-9-15(20)19-12-4-2-3-11(18)8-12/h2-8H,9H2,1H3,(H,19,20). The molecule has 0 atom stereocenters. The first kappa shape index (κ1) is 17.6. The number of amides is 1. The van der Waals surface area contributed by atoms with Crippen LogP contribution in [0.15, 0.2) is 42.5 Å². The van der Waals surface area contributed by atoms with Gasteiger partial charge in [-0.1, -0.05) is 17.7 Å². The third kappa shape index (κ3) is 5.11. The van der Waals surface area contributed by atoms with Crippen LogP contribution < -0.4 is 10.1 Å². The van der Waals surface area contributed by atoms with Gasteiger partial charge in [0.05, 0.1) is 17.7 Å². The number of benzene rings is 2. The lowest BCUT2D eigenvalue weighted by molar-refractivity contribution is -0.118. The first-order chi connectivity index (χ1) is 11.0. The van der Waals surface area contributed by atoms with Gasteiger partial charge < -0.3 is 14.8 Å². The number of esters is 1.